The SMILES string of the molecule is COCCN(C)C(=O)NCc1cccc(C(=O)N2CCCCC2)c1. The van der Waals surface area contributed by atoms with Crippen LogP contribution in [0.4, 0.5) is 4.79 Å². The molecule has 1 aliphatic heterocycles. The van der Waals surface area contributed by atoms with Gasteiger partial charge in [-0.15, -0.1) is 0 Å². The minimum Gasteiger partial charge on any atom is -0.383 e. The van der Waals surface area contributed by atoms with Crippen molar-refractivity contribution in [3.05, 3.63) is 35.4 Å². The highest BCUT2D eigenvalue weighted by molar-refractivity contribution is 5.94. The molecule has 2 rings (SSSR count). The molecule has 1 aromatic carbocycles. The molecule has 6 nitrogen and oxygen atoms in total. The van der Waals surface area contributed by atoms with Crippen molar-refractivity contribution in [3.63, 3.8) is 0 Å². The third-order valence-corrected chi connectivity index (χ3v) is 4.24. The fourth-order valence-electron chi connectivity index (χ4n) is 2.74. The minimum atomic E-state index is -0.153. The molecule has 132 valence electrons. The van der Waals surface area contributed by atoms with Crippen LogP contribution in [0.5, 0.6) is 0 Å². The topological polar surface area (TPSA) is 61.9 Å². The Morgan fingerprint density at radius 3 is 2.71 bits per heavy atom. The molecular formula is C18H27N3O3. The fraction of sp³-hybridized carbons (Fsp3) is 0.556. The largest absolute Gasteiger partial charge is 0.383 e. The quantitative estimate of drug-likeness (QED) is 0.867. The van der Waals surface area contributed by atoms with E-state index in [-0.39, 0.29) is 11.9 Å². The highest BCUT2D eigenvalue weighted by atomic mass is 16.5. The molecule has 1 N–H and O–H groups in total. The maximum Gasteiger partial charge on any atom is 0.317 e. The highest BCUT2D eigenvalue weighted by Crippen LogP contribution is 2.14. The lowest BCUT2D eigenvalue weighted by atomic mass is 10.1. The lowest BCUT2D eigenvalue weighted by molar-refractivity contribution is 0.0724. The van der Waals surface area contributed by atoms with Crippen LogP contribution >= 0.6 is 0 Å². The van der Waals surface area contributed by atoms with Crippen molar-refractivity contribution in [3.8, 4) is 0 Å². The standard InChI is InChI=1S/C18H27N3O3/c1-20(11-12-24-2)18(23)19-14-15-7-6-8-16(13-15)17(22)21-9-4-3-5-10-21/h6-8,13H,3-5,9-12,14H2,1-2H3,(H,19,23). The molecule has 1 saturated heterocycles. The molecule has 0 aromatic heterocycles. The first-order valence-electron chi connectivity index (χ1n) is 8.48. The second-order valence-electron chi connectivity index (χ2n) is 6.13. The fourth-order valence-corrected chi connectivity index (χ4v) is 2.74. The second-order valence-corrected chi connectivity index (χ2v) is 6.13. The van der Waals surface area contributed by atoms with Crippen LogP contribution in [0.15, 0.2) is 24.3 Å². The van der Waals surface area contributed by atoms with Crippen LogP contribution in [0.25, 0.3) is 0 Å². The van der Waals surface area contributed by atoms with E-state index in [2.05, 4.69) is 5.32 Å². The first-order valence-corrected chi connectivity index (χ1v) is 8.48. The zero-order valence-corrected chi connectivity index (χ0v) is 14.6. The van der Waals surface area contributed by atoms with E-state index in [0.717, 1.165) is 31.5 Å². The number of methoxy groups -OCH3 is 1. The predicted molar refractivity (Wildman–Crippen MR) is 92.9 cm³/mol. The van der Waals surface area contributed by atoms with Crippen LogP contribution < -0.4 is 5.32 Å². The normalized spacial score (nSPS) is 14.3. The Kier molecular flexibility index (Phi) is 7.06. The zero-order valence-electron chi connectivity index (χ0n) is 14.6. The number of likely N-dealkylation sites (tertiary alicyclic amines) is 1. The number of urea groups is 1. The lowest BCUT2D eigenvalue weighted by Gasteiger charge is -2.26. The van der Waals surface area contributed by atoms with Crippen molar-refractivity contribution in [1.29, 1.82) is 0 Å². The van der Waals surface area contributed by atoms with Crippen molar-refractivity contribution in [2.75, 3.05) is 40.4 Å². The zero-order chi connectivity index (χ0) is 17.4. The van der Waals surface area contributed by atoms with Crippen LogP contribution in [-0.2, 0) is 11.3 Å². The van der Waals surface area contributed by atoms with Gasteiger partial charge in [-0.25, -0.2) is 4.79 Å². The summed E-state index contributed by atoms with van der Waals surface area (Å²) in [6.07, 6.45) is 3.36. The van der Waals surface area contributed by atoms with E-state index in [1.165, 1.54) is 6.42 Å². The van der Waals surface area contributed by atoms with Crippen molar-refractivity contribution in [2.45, 2.75) is 25.8 Å². The van der Waals surface area contributed by atoms with Crippen LogP contribution in [0, 0.1) is 0 Å². The van der Waals surface area contributed by atoms with E-state index >= 15 is 0 Å². The Balaban J connectivity index is 1.90. The maximum absolute atomic E-state index is 12.5. The number of hydrogen-bond acceptors (Lipinski definition) is 3. The van der Waals surface area contributed by atoms with Crippen molar-refractivity contribution < 1.29 is 14.3 Å². The molecule has 0 atom stereocenters. The van der Waals surface area contributed by atoms with Gasteiger partial charge in [-0.2, -0.15) is 0 Å². The molecule has 0 unspecified atom stereocenters. The Bertz CT molecular complexity index is 556. The maximum atomic E-state index is 12.5. The number of hydrogen-bond donors (Lipinski definition) is 1. The monoisotopic (exact) mass is 333 g/mol. The van der Waals surface area contributed by atoms with Gasteiger partial charge in [0.2, 0.25) is 0 Å². The summed E-state index contributed by atoms with van der Waals surface area (Å²) in [5, 5.41) is 2.86. The van der Waals surface area contributed by atoms with Gasteiger partial charge in [0.05, 0.1) is 6.61 Å². The molecule has 1 fully saturated rings. The van der Waals surface area contributed by atoms with E-state index in [4.69, 9.17) is 4.74 Å². The Morgan fingerprint density at radius 2 is 2.00 bits per heavy atom. The van der Waals surface area contributed by atoms with Crippen LogP contribution in [0.1, 0.15) is 35.2 Å². The first kappa shape index (κ1) is 18.3. The van der Waals surface area contributed by atoms with Gasteiger partial charge in [0.15, 0.2) is 0 Å². The molecule has 1 aliphatic rings. The van der Waals surface area contributed by atoms with E-state index in [0.29, 0.717) is 25.3 Å². The van der Waals surface area contributed by atoms with Gasteiger partial charge in [0.25, 0.3) is 5.91 Å². The number of piperidine rings is 1. The number of benzene rings is 1. The lowest BCUT2D eigenvalue weighted by Crippen LogP contribution is -2.38. The molecule has 0 saturated carbocycles. The number of likely N-dealkylation sites (N-methyl/N-ethyl adjacent to an activating group) is 1. The predicted octanol–water partition coefficient (Wildman–Crippen LogP) is 2.10. The van der Waals surface area contributed by atoms with E-state index < -0.39 is 0 Å². The van der Waals surface area contributed by atoms with Gasteiger partial charge < -0.3 is 19.9 Å². The Morgan fingerprint density at radius 1 is 1.25 bits per heavy atom. The van der Waals surface area contributed by atoms with Gasteiger partial charge in [0, 0.05) is 45.9 Å². The Hall–Kier alpha value is -2.08. The van der Waals surface area contributed by atoms with Crippen LogP contribution in [0.2, 0.25) is 0 Å². The molecular weight excluding hydrogens is 306 g/mol. The van der Waals surface area contributed by atoms with E-state index in [1.54, 1.807) is 19.1 Å². The first-order chi connectivity index (χ1) is 11.6. The van der Waals surface area contributed by atoms with Crippen molar-refractivity contribution >= 4 is 11.9 Å². The third kappa shape index (κ3) is 5.23. The second kappa shape index (κ2) is 9.27. The van der Waals surface area contributed by atoms with Gasteiger partial charge in [-0.05, 0) is 37.0 Å². The van der Waals surface area contributed by atoms with Gasteiger partial charge in [-0.1, -0.05) is 12.1 Å². The summed E-state index contributed by atoms with van der Waals surface area (Å²) < 4.78 is 4.96. The molecule has 3 amide bonds. The molecule has 1 aromatic rings. The van der Waals surface area contributed by atoms with Crippen molar-refractivity contribution in [2.24, 2.45) is 0 Å². The van der Waals surface area contributed by atoms with Gasteiger partial charge >= 0.3 is 6.03 Å². The summed E-state index contributed by atoms with van der Waals surface area (Å²) in [7, 11) is 3.33. The molecule has 0 spiro atoms. The molecule has 0 aliphatic carbocycles. The average molecular weight is 333 g/mol. The molecule has 6 heteroatoms. The number of nitrogens with zero attached hydrogens (tertiary/aromatic N) is 2. The summed E-state index contributed by atoms with van der Waals surface area (Å²) in [6.45, 7) is 3.12. The summed E-state index contributed by atoms with van der Waals surface area (Å²) >= 11 is 0. The summed E-state index contributed by atoms with van der Waals surface area (Å²) in [5.41, 5.74) is 1.61. The van der Waals surface area contributed by atoms with Crippen molar-refractivity contribution in [1.82, 2.24) is 15.1 Å². The number of carbonyl (C=O) groups is 2. The van der Waals surface area contributed by atoms with Crippen LogP contribution in [0.3, 0.4) is 0 Å². The van der Waals surface area contributed by atoms with Gasteiger partial charge in [0.1, 0.15) is 0 Å². The van der Waals surface area contributed by atoms with Gasteiger partial charge in [-0.3, -0.25) is 4.79 Å². The number of ether oxygens (including phenoxy) is 1. The molecule has 0 radical (unpaired) electrons. The molecule has 24 heavy (non-hydrogen) atoms. The van der Waals surface area contributed by atoms with E-state index in [1.807, 2.05) is 29.2 Å². The van der Waals surface area contributed by atoms with Crippen LogP contribution in [-0.4, -0.2) is 62.1 Å². The summed E-state index contributed by atoms with van der Waals surface area (Å²) in [4.78, 5) is 28.0. The Labute approximate surface area is 143 Å². The molecule has 0 bridgehead atoms. The minimum absolute atomic E-state index is 0.0834. The smallest absolute Gasteiger partial charge is 0.317 e. The number of amides is 3. The highest BCUT2D eigenvalue weighted by Gasteiger charge is 2.18. The average Bonchev–Trinajstić information content (AvgIpc) is 2.64. The summed E-state index contributed by atoms with van der Waals surface area (Å²) in [5.74, 6) is 0.0834. The number of rotatable bonds is 6. The third-order valence-electron chi connectivity index (χ3n) is 4.24. The van der Waals surface area contributed by atoms with E-state index in [9.17, 15) is 9.59 Å². The molecule has 1 heterocycles. The summed E-state index contributed by atoms with van der Waals surface area (Å²) in [6, 6.07) is 7.34. The number of carbonyl (C=O) groups excluding carboxylic acids is 2. The number of nitrogens with one attached hydrogen (secondary N) is 1.